The summed E-state index contributed by atoms with van der Waals surface area (Å²) in [5.74, 6) is -0.109. The summed E-state index contributed by atoms with van der Waals surface area (Å²) in [5, 5.41) is 18.5. The fraction of sp³-hybridized carbons (Fsp3) is 0.500. The average Bonchev–Trinajstić information content (AvgIpc) is 3.17. The van der Waals surface area contributed by atoms with Crippen molar-refractivity contribution in [3.8, 4) is 11.5 Å². The number of hydrogen-bond acceptors (Lipinski definition) is 5. The maximum Gasteiger partial charge on any atom is 0.323 e. The molecule has 5 nitrogen and oxygen atoms in total. The third kappa shape index (κ3) is 4.13. The molecule has 0 spiro atoms. The number of ether oxygens (including phenoxy) is 1. The van der Waals surface area contributed by atoms with Crippen molar-refractivity contribution in [3.05, 3.63) is 23.8 Å². The summed E-state index contributed by atoms with van der Waals surface area (Å²) in [7, 11) is 0. The van der Waals surface area contributed by atoms with Gasteiger partial charge in [-0.3, -0.25) is 4.79 Å². The summed E-state index contributed by atoms with van der Waals surface area (Å²) in [6.07, 6.45) is 3.65. The van der Waals surface area contributed by atoms with Gasteiger partial charge in [-0.2, -0.15) is 0 Å². The molecule has 1 aromatic carbocycles. The number of esters is 1. The average molecular weight is 265 g/mol. The predicted molar refractivity (Wildman–Crippen MR) is 69.8 cm³/mol. The van der Waals surface area contributed by atoms with E-state index in [9.17, 15) is 15.0 Å². The van der Waals surface area contributed by atoms with Crippen molar-refractivity contribution in [1.29, 1.82) is 0 Å². The SMILES string of the molecule is N[C@@H](Cc1ccc(O)c(O)c1)C(=O)OCCC1CC1. The van der Waals surface area contributed by atoms with E-state index in [1.807, 2.05) is 0 Å². The van der Waals surface area contributed by atoms with E-state index in [1.54, 1.807) is 6.07 Å². The van der Waals surface area contributed by atoms with E-state index in [-0.39, 0.29) is 17.9 Å². The largest absolute Gasteiger partial charge is 0.504 e. The Balaban J connectivity index is 1.79. The van der Waals surface area contributed by atoms with Crippen molar-refractivity contribution >= 4 is 5.97 Å². The lowest BCUT2D eigenvalue weighted by Gasteiger charge is -2.12. The highest BCUT2D eigenvalue weighted by molar-refractivity contribution is 5.75. The van der Waals surface area contributed by atoms with E-state index >= 15 is 0 Å². The van der Waals surface area contributed by atoms with Crippen LogP contribution in [-0.4, -0.2) is 28.8 Å². The standard InChI is InChI=1S/C14H19NO4/c15-11(14(18)19-6-5-9-1-2-9)7-10-3-4-12(16)13(17)8-10/h3-4,8-9,11,16-17H,1-2,5-7,15H2/t11-/m0/s1. The molecule has 1 fully saturated rings. The molecule has 5 heteroatoms. The van der Waals surface area contributed by atoms with E-state index in [4.69, 9.17) is 10.5 Å². The first-order valence-corrected chi connectivity index (χ1v) is 6.49. The zero-order chi connectivity index (χ0) is 13.8. The molecule has 1 aliphatic rings. The number of phenolic OH excluding ortho intramolecular Hbond substituents is 2. The van der Waals surface area contributed by atoms with Gasteiger partial charge in [-0.05, 0) is 36.5 Å². The van der Waals surface area contributed by atoms with Crippen molar-refractivity contribution in [2.24, 2.45) is 11.7 Å². The van der Waals surface area contributed by atoms with Crippen molar-refractivity contribution in [3.63, 3.8) is 0 Å². The van der Waals surface area contributed by atoms with Gasteiger partial charge in [-0.1, -0.05) is 18.9 Å². The van der Waals surface area contributed by atoms with Crippen LogP contribution in [0.4, 0.5) is 0 Å². The first kappa shape index (κ1) is 13.7. The number of carbonyl (C=O) groups excluding carboxylic acids is 1. The second-order valence-electron chi connectivity index (χ2n) is 5.03. The molecule has 104 valence electrons. The van der Waals surface area contributed by atoms with Gasteiger partial charge in [-0.15, -0.1) is 0 Å². The summed E-state index contributed by atoms with van der Waals surface area (Å²) in [6, 6.07) is 3.64. The van der Waals surface area contributed by atoms with Crippen molar-refractivity contribution in [2.75, 3.05) is 6.61 Å². The molecule has 0 unspecified atom stereocenters. The molecule has 0 radical (unpaired) electrons. The minimum absolute atomic E-state index is 0.190. The van der Waals surface area contributed by atoms with Gasteiger partial charge >= 0.3 is 5.97 Å². The van der Waals surface area contributed by atoms with E-state index in [0.717, 1.165) is 12.3 Å². The van der Waals surface area contributed by atoms with Crippen molar-refractivity contribution in [1.82, 2.24) is 0 Å². The highest BCUT2D eigenvalue weighted by atomic mass is 16.5. The molecule has 0 heterocycles. The first-order valence-electron chi connectivity index (χ1n) is 6.49. The molecule has 1 aromatic rings. The Morgan fingerprint density at radius 1 is 1.37 bits per heavy atom. The lowest BCUT2D eigenvalue weighted by atomic mass is 10.1. The predicted octanol–water partition coefficient (Wildman–Crippen LogP) is 1.31. The van der Waals surface area contributed by atoms with Gasteiger partial charge in [0.15, 0.2) is 11.5 Å². The summed E-state index contributed by atoms with van der Waals surface area (Å²) < 4.78 is 5.10. The zero-order valence-electron chi connectivity index (χ0n) is 10.7. The Bertz CT molecular complexity index is 457. The van der Waals surface area contributed by atoms with E-state index in [2.05, 4.69) is 0 Å². The van der Waals surface area contributed by atoms with Gasteiger partial charge in [0, 0.05) is 0 Å². The van der Waals surface area contributed by atoms with Crippen molar-refractivity contribution in [2.45, 2.75) is 31.7 Å². The van der Waals surface area contributed by atoms with Crippen LogP contribution in [0.2, 0.25) is 0 Å². The molecule has 1 atom stereocenters. The Labute approximate surface area is 112 Å². The van der Waals surface area contributed by atoms with Crippen LogP contribution in [0.5, 0.6) is 11.5 Å². The number of benzene rings is 1. The molecular formula is C14H19NO4. The van der Waals surface area contributed by atoms with Gasteiger partial charge in [0.1, 0.15) is 6.04 Å². The van der Waals surface area contributed by atoms with Gasteiger partial charge in [-0.25, -0.2) is 0 Å². The van der Waals surface area contributed by atoms with Crippen molar-refractivity contribution < 1.29 is 19.7 Å². The van der Waals surface area contributed by atoms with Crippen LogP contribution in [0.25, 0.3) is 0 Å². The number of carbonyl (C=O) groups is 1. The van der Waals surface area contributed by atoms with Crippen LogP contribution in [0.15, 0.2) is 18.2 Å². The molecule has 1 aliphatic carbocycles. The molecule has 19 heavy (non-hydrogen) atoms. The van der Waals surface area contributed by atoms with E-state index in [1.165, 1.54) is 25.0 Å². The molecule has 2 rings (SSSR count). The Kier molecular flexibility index (Phi) is 4.27. The molecule has 1 saturated carbocycles. The number of rotatable bonds is 6. The first-order chi connectivity index (χ1) is 9.06. The lowest BCUT2D eigenvalue weighted by molar-refractivity contribution is -0.145. The smallest absolute Gasteiger partial charge is 0.323 e. The zero-order valence-corrected chi connectivity index (χ0v) is 10.7. The second-order valence-corrected chi connectivity index (χ2v) is 5.03. The molecule has 0 amide bonds. The number of aromatic hydroxyl groups is 2. The summed E-state index contributed by atoms with van der Waals surface area (Å²) in [6.45, 7) is 0.429. The normalized spacial score (nSPS) is 16.1. The van der Waals surface area contributed by atoms with Crippen LogP contribution in [0, 0.1) is 5.92 Å². The fourth-order valence-corrected chi connectivity index (χ4v) is 1.87. The minimum Gasteiger partial charge on any atom is -0.504 e. The summed E-state index contributed by atoms with van der Waals surface area (Å²) in [4.78, 5) is 11.6. The Morgan fingerprint density at radius 3 is 2.74 bits per heavy atom. The van der Waals surface area contributed by atoms with Crippen LogP contribution >= 0.6 is 0 Å². The van der Waals surface area contributed by atoms with Gasteiger partial charge in [0.25, 0.3) is 0 Å². The fourth-order valence-electron chi connectivity index (χ4n) is 1.87. The highest BCUT2D eigenvalue weighted by Gasteiger charge is 2.22. The Hall–Kier alpha value is -1.75. The molecule has 0 bridgehead atoms. The molecule has 0 aromatic heterocycles. The monoisotopic (exact) mass is 265 g/mol. The maximum atomic E-state index is 11.6. The molecule has 4 N–H and O–H groups in total. The quantitative estimate of drug-likeness (QED) is 0.532. The van der Waals surface area contributed by atoms with Crippen LogP contribution in [-0.2, 0) is 16.0 Å². The second kappa shape index (κ2) is 5.93. The van der Waals surface area contributed by atoms with Gasteiger partial charge < -0.3 is 20.7 Å². The van der Waals surface area contributed by atoms with Gasteiger partial charge in [0.2, 0.25) is 0 Å². The molecular weight excluding hydrogens is 246 g/mol. The van der Waals surface area contributed by atoms with Gasteiger partial charge in [0.05, 0.1) is 6.61 Å². The summed E-state index contributed by atoms with van der Waals surface area (Å²) >= 11 is 0. The van der Waals surface area contributed by atoms with Crippen LogP contribution in [0.1, 0.15) is 24.8 Å². The molecule has 0 saturated heterocycles. The topological polar surface area (TPSA) is 92.8 Å². The third-order valence-corrected chi connectivity index (χ3v) is 3.27. The summed E-state index contributed by atoms with van der Waals surface area (Å²) in [5.41, 5.74) is 6.43. The number of nitrogens with two attached hydrogens (primary N) is 1. The van der Waals surface area contributed by atoms with E-state index < -0.39 is 12.0 Å². The molecule has 0 aliphatic heterocycles. The maximum absolute atomic E-state index is 11.6. The highest BCUT2D eigenvalue weighted by Crippen LogP contribution is 2.32. The lowest BCUT2D eigenvalue weighted by Crippen LogP contribution is -2.34. The van der Waals surface area contributed by atoms with Crippen LogP contribution < -0.4 is 5.73 Å². The number of phenols is 2. The minimum atomic E-state index is -0.747. The van der Waals surface area contributed by atoms with E-state index in [0.29, 0.717) is 12.2 Å². The van der Waals surface area contributed by atoms with Crippen LogP contribution in [0.3, 0.4) is 0 Å². The Morgan fingerprint density at radius 2 is 2.11 bits per heavy atom. The third-order valence-electron chi connectivity index (χ3n) is 3.27. The number of hydrogen-bond donors (Lipinski definition) is 3.